The van der Waals surface area contributed by atoms with Crippen molar-refractivity contribution in [2.24, 2.45) is 0 Å². The lowest BCUT2D eigenvalue weighted by molar-refractivity contribution is -0.129. The van der Waals surface area contributed by atoms with Gasteiger partial charge in [0, 0.05) is 13.0 Å². The largest absolute Gasteiger partial charge is 0.379 e. The summed E-state index contributed by atoms with van der Waals surface area (Å²) in [6.45, 7) is 1.07. The first-order valence-corrected chi connectivity index (χ1v) is 7.01. The van der Waals surface area contributed by atoms with Crippen LogP contribution in [0.3, 0.4) is 0 Å². The van der Waals surface area contributed by atoms with Crippen LogP contribution in [0.25, 0.3) is 0 Å². The molecule has 5 heteroatoms. The zero-order valence-corrected chi connectivity index (χ0v) is 11.2. The summed E-state index contributed by atoms with van der Waals surface area (Å²) in [5.74, 6) is -0.101. The standard InChI is InChI=1S/C15H18N2O3/c18-14-7-6-13(11-4-2-1-3-5-11)16-15(19)17(14)12-8-9-20-10-12/h1-5,12-13H,6-10H2,(H,16,19). The molecule has 0 aromatic heterocycles. The lowest BCUT2D eigenvalue weighted by Crippen LogP contribution is -2.48. The van der Waals surface area contributed by atoms with Crippen LogP contribution in [0.1, 0.15) is 30.9 Å². The van der Waals surface area contributed by atoms with Gasteiger partial charge in [0.25, 0.3) is 0 Å². The lowest BCUT2D eigenvalue weighted by atomic mass is 10.0. The molecular weight excluding hydrogens is 256 g/mol. The monoisotopic (exact) mass is 274 g/mol. The summed E-state index contributed by atoms with van der Waals surface area (Å²) in [4.78, 5) is 25.9. The second-order valence-corrected chi connectivity index (χ2v) is 5.23. The third-order valence-electron chi connectivity index (χ3n) is 3.90. The van der Waals surface area contributed by atoms with Gasteiger partial charge in [-0.3, -0.25) is 9.69 Å². The Hall–Kier alpha value is -1.88. The number of nitrogens with zero attached hydrogens (tertiary/aromatic N) is 1. The molecule has 1 N–H and O–H groups in total. The van der Waals surface area contributed by atoms with Gasteiger partial charge in [-0.2, -0.15) is 0 Å². The Kier molecular flexibility index (Phi) is 3.69. The predicted octanol–water partition coefficient (Wildman–Crippen LogP) is 1.85. The molecule has 2 fully saturated rings. The molecule has 2 unspecified atom stereocenters. The number of hydrogen-bond acceptors (Lipinski definition) is 3. The number of urea groups is 1. The first-order chi connectivity index (χ1) is 9.75. The minimum atomic E-state index is -0.295. The van der Waals surface area contributed by atoms with E-state index in [2.05, 4.69) is 5.32 Å². The molecular formula is C15H18N2O3. The Balaban J connectivity index is 1.78. The van der Waals surface area contributed by atoms with E-state index < -0.39 is 0 Å². The maximum absolute atomic E-state index is 12.3. The van der Waals surface area contributed by atoms with E-state index in [4.69, 9.17) is 4.74 Å². The molecule has 2 atom stereocenters. The summed E-state index contributed by atoms with van der Waals surface area (Å²) in [6, 6.07) is 9.27. The highest BCUT2D eigenvalue weighted by Crippen LogP contribution is 2.24. The van der Waals surface area contributed by atoms with Crippen LogP contribution in [0.5, 0.6) is 0 Å². The van der Waals surface area contributed by atoms with Gasteiger partial charge in [0.05, 0.1) is 18.7 Å². The number of amides is 3. The van der Waals surface area contributed by atoms with Gasteiger partial charge in [-0.05, 0) is 18.4 Å². The van der Waals surface area contributed by atoms with Crippen molar-refractivity contribution in [2.45, 2.75) is 31.3 Å². The molecule has 106 valence electrons. The van der Waals surface area contributed by atoms with Crippen LogP contribution in [-0.2, 0) is 9.53 Å². The number of rotatable bonds is 2. The molecule has 2 aliphatic heterocycles. The quantitative estimate of drug-likeness (QED) is 0.895. The second-order valence-electron chi connectivity index (χ2n) is 5.23. The van der Waals surface area contributed by atoms with Crippen molar-refractivity contribution in [1.29, 1.82) is 0 Å². The fourth-order valence-electron chi connectivity index (χ4n) is 2.82. The molecule has 1 aromatic carbocycles. The summed E-state index contributed by atoms with van der Waals surface area (Å²) < 4.78 is 5.29. The van der Waals surface area contributed by atoms with E-state index in [1.54, 1.807) is 0 Å². The molecule has 0 aliphatic carbocycles. The van der Waals surface area contributed by atoms with Gasteiger partial charge in [-0.25, -0.2) is 4.79 Å². The molecule has 2 aliphatic rings. The molecule has 3 rings (SSSR count). The molecule has 1 aromatic rings. The van der Waals surface area contributed by atoms with E-state index in [1.165, 1.54) is 4.90 Å². The fourth-order valence-corrected chi connectivity index (χ4v) is 2.82. The highest BCUT2D eigenvalue weighted by molar-refractivity contribution is 5.96. The van der Waals surface area contributed by atoms with Gasteiger partial charge in [0.2, 0.25) is 5.91 Å². The van der Waals surface area contributed by atoms with Crippen LogP contribution >= 0.6 is 0 Å². The highest BCUT2D eigenvalue weighted by Gasteiger charge is 2.36. The zero-order valence-electron chi connectivity index (χ0n) is 11.2. The van der Waals surface area contributed by atoms with Crippen LogP contribution < -0.4 is 5.32 Å². The van der Waals surface area contributed by atoms with E-state index in [0.29, 0.717) is 26.1 Å². The summed E-state index contributed by atoms with van der Waals surface area (Å²) in [5.41, 5.74) is 1.04. The number of carbonyl (C=O) groups is 2. The summed E-state index contributed by atoms with van der Waals surface area (Å²) >= 11 is 0. The van der Waals surface area contributed by atoms with Crippen LogP contribution in [0.2, 0.25) is 0 Å². The average Bonchev–Trinajstić information content (AvgIpc) is 2.93. The average molecular weight is 274 g/mol. The van der Waals surface area contributed by atoms with E-state index >= 15 is 0 Å². The molecule has 5 nitrogen and oxygen atoms in total. The zero-order chi connectivity index (χ0) is 13.9. The first kappa shape index (κ1) is 13.1. The van der Waals surface area contributed by atoms with Gasteiger partial charge < -0.3 is 10.1 Å². The summed E-state index contributed by atoms with van der Waals surface area (Å²) in [5, 5.41) is 2.96. The maximum atomic E-state index is 12.3. The van der Waals surface area contributed by atoms with E-state index in [-0.39, 0.29) is 24.0 Å². The molecule has 0 saturated carbocycles. The number of nitrogens with one attached hydrogen (secondary N) is 1. The topological polar surface area (TPSA) is 58.6 Å². The molecule has 2 saturated heterocycles. The Bertz CT molecular complexity index is 497. The predicted molar refractivity (Wildman–Crippen MR) is 73.0 cm³/mol. The number of carbonyl (C=O) groups excluding carboxylic acids is 2. The van der Waals surface area contributed by atoms with Gasteiger partial charge in [-0.1, -0.05) is 30.3 Å². The van der Waals surface area contributed by atoms with Crippen molar-refractivity contribution in [1.82, 2.24) is 10.2 Å². The minimum Gasteiger partial charge on any atom is -0.379 e. The van der Waals surface area contributed by atoms with E-state index in [0.717, 1.165) is 12.0 Å². The Morgan fingerprint density at radius 1 is 1.15 bits per heavy atom. The smallest absolute Gasteiger partial charge is 0.324 e. The van der Waals surface area contributed by atoms with Crippen molar-refractivity contribution in [3.63, 3.8) is 0 Å². The van der Waals surface area contributed by atoms with Crippen molar-refractivity contribution in [3.05, 3.63) is 35.9 Å². The van der Waals surface area contributed by atoms with Crippen LogP contribution in [-0.4, -0.2) is 36.1 Å². The van der Waals surface area contributed by atoms with Crippen LogP contribution in [0, 0.1) is 0 Å². The third kappa shape index (κ3) is 2.54. The molecule has 20 heavy (non-hydrogen) atoms. The third-order valence-corrected chi connectivity index (χ3v) is 3.90. The fraction of sp³-hybridized carbons (Fsp3) is 0.467. The second kappa shape index (κ2) is 5.63. The maximum Gasteiger partial charge on any atom is 0.324 e. The number of imide groups is 1. The SMILES string of the molecule is O=C1CCC(c2ccccc2)NC(=O)N1C1CCOC1. The van der Waals surface area contributed by atoms with Crippen LogP contribution in [0.4, 0.5) is 4.79 Å². The number of hydrogen-bond donors (Lipinski definition) is 1. The van der Waals surface area contributed by atoms with Crippen molar-refractivity contribution < 1.29 is 14.3 Å². The molecule has 0 spiro atoms. The van der Waals surface area contributed by atoms with Crippen molar-refractivity contribution >= 4 is 11.9 Å². The highest BCUT2D eigenvalue weighted by atomic mass is 16.5. The Morgan fingerprint density at radius 2 is 1.95 bits per heavy atom. The molecule has 2 heterocycles. The normalized spacial score (nSPS) is 27.3. The van der Waals surface area contributed by atoms with Crippen molar-refractivity contribution in [3.8, 4) is 0 Å². The minimum absolute atomic E-state index is 0.0972. The van der Waals surface area contributed by atoms with E-state index in [9.17, 15) is 9.59 Å². The van der Waals surface area contributed by atoms with Crippen LogP contribution in [0.15, 0.2) is 30.3 Å². The van der Waals surface area contributed by atoms with Gasteiger partial charge in [0.15, 0.2) is 0 Å². The number of ether oxygens (including phenoxy) is 1. The van der Waals surface area contributed by atoms with Gasteiger partial charge in [-0.15, -0.1) is 0 Å². The van der Waals surface area contributed by atoms with E-state index in [1.807, 2.05) is 30.3 Å². The van der Waals surface area contributed by atoms with Crippen molar-refractivity contribution in [2.75, 3.05) is 13.2 Å². The summed E-state index contributed by atoms with van der Waals surface area (Å²) in [7, 11) is 0. The van der Waals surface area contributed by atoms with Gasteiger partial charge >= 0.3 is 6.03 Å². The first-order valence-electron chi connectivity index (χ1n) is 7.01. The Morgan fingerprint density at radius 3 is 2.65 bits per heavy atom. The van der Waals surface area contributed by atoms with Gasteiger partial charge in [0.1, 0.15) is 0 Å². The molecule has 0 radical (unpaired) electrons. The number of benzene rings is 1. The molecule has 3 amide bonds. The summed E-state index contributed by atoms with van der Waals surface area (Å²) in [6.07, 6.45) is 1.75. The molecule has 0 bridgehead atoms. The Labute approximate surface area is 117 Å². The lowest BCUT2D eigenvalue weighted by Gasteiger charge is -2.25.